The molecule has 0 bridgehead atoms. The Morgan fingerprint density at radius 3 is 3.00 bits per heavy atom. The van der Waals surface area contributed by atoms with Gasteiger partial charge in [-0.2, -0.15) is 10.1 Å². The summed E-state index contributed by atoms with van der Waals surface area (Å²) in [6.07, 6.45) is 1.74. The highest BCUT2D eigenvalue weighted by Crippen LogP contribution is 2.19. The summed E-state index contributed by atoms with van der Waals surface area (Å²) >= 11 is 0. The Bertz CT molecular complexity index is 674. The van der Waals surface area contributed by atoms with E-state index in [0.717, 1.165) is 16.6 Å². The molecule has 3 rings (SSSR count). The molecule has 0 amide bonds. The highest BCUT2D eigenvalue weighted by Gasteiger charge is 2.05. The molecule has 6 heteroatoms. The summed E-state index contributed by atoms with van der Waals surface area (Å²) in [6, 6.07) is 7.92. The predicted molar refractivity (Wildman–Crippen MR) is 65.9 cm³/mol. The summed E-state index contributed by atoms with van der Waals surface area (Å²) in [6.45, 7) is 2.22. The summed E-state index contributed by atoms with van der Waals surface area (Å²) in [5.41, 5.74) is 0. The molecule has 0 atom stereocenters. The average molecular weight is 241 g/mol. The van der Waals surface area contributed by atoms with Crippen LogP contribution in [-0.2, 0) is 6.54 Å². The summed E-state index contributed by atoms with van der Waals surface area (Å²) in [5.74, 6) is 1.87. The summed E-state index contributed by atoms with van der Waals surface area (Å²) in [4.78, 5) is 4.12. The SMILES string of the molecule is Cc1nc(CNc2nncc3ccccc23)no1. The summed E-state index contributed by atoms with van der Waals surface area (Å²) < 4.78 is 4.90. The molecule has 0 spiro atoms. The van der Waals surface area contributed by atoms with Crippen LogP contribution in [0.4, 0.5) is 5.82 Å². The molecule has 0 aliphatic rings. The van der Waals surface area contributed by atoms with Crippen molar-refractivity contribution in [3.05, 3.63) is 42.2 Å². The van der Waals surface area contributed by atoms with Crippen molar-refractivity contribution in [1.82, 2.24) is 20.3 Å². The van der Waals surface area contributed by atoms with Gasteiger partial charge in [0, 0.05) is 17.7 Å². The van der Waals surface area contributed by atoms with Gasteiger partial charge in [0.2, 0.25) is 5.89 Å². The van der Waals surface area contributed by atoms with E-state index in [1.54, 1.807) is 13.1 Å². The number of aromatic nitrogens is 4. The van der Waals surface area contributed by atoms with Crippen LogP contribution < -0.4 is 5.32 Å². The van der Waals surface area contributed by atoms with Gasteiger partial charge >= 0.3 is 0 Å². The molecule has 0 aliphatic carbocycles. The number of hydrogen-bond acceptors (Lipinski definition) is 6. The van der Waals surface area contributed by atoms with Crippen LogP contribution in [0.15, 0.2) is 35.0 Å². The van der Waals surface area contributed by atoms with E-state index in [2.05, 4.69) is 25.7 Å². The van der Waals surface area contributed by atoms with Gasteiger partial charge < -0.3 is 9.84 Å². The van der Waals surface area contributed by atoms with Crippen molar-refractivity contribution < 1.29 is 4.52 Å². The molecule has 2 heterocycles. The van der Waals surface area contributed by atoms with Crippen molar-refractivity contribution in [1.29, 1.82) is 0 Å². The molecule has 90 valence electrons. The summed E-state index contributed by atoms with van der Waals surface area (Å²) in [7, 11) is 0. The third-order valence-corrected chi connectivity index (χ3v) is 2.55. The monoisotopic (exact) mass is 241 g/mol. The number of aryl methyl sites for hydroxylation is 1. The molecule has 1 N–H and O–H groups in total. The first-order chi connectivity index (χ1) is 8.83. The molecule has 0 aliphatic heterocycles. The van der Waals surface area contributed by atoms with Crippen LogP contribution in [0.5, 0.6) is 0 Å². The zero-order valence-corrected chi connectivity index (χ0v) is 9.79. The Kier molecular flexibility index (Phi) is 2.60. The maximum absolute atomic E-state index is 4.90. The lowest BCUT2D eigenvalue weighted by Gasteiger charge is -2.05. The topological polar surface area (TPSA) is 76.7 Å². The van der Waals surface area contributed by atoms with Crippen LogP contribution in [0.25, 0.3) is 10.8 Å². The van der Waals surface area contributed by atoms with Gasteiger partial charge in [0.15, 0.2) is 11.6 Å². The van der Waals surface area contributed by atoms with Crippen molar-refractivity contribution in [2.45, 2.75) is 13.5 Å². The van der Waals surface area contributed by atoms with Gasteiger partial charge in [-0.3, -0.25) is 0 Å². The Hall–Kier alpha value is -2.50. The van der Waals surface area contributed by atoms with E-state index in [-0.39, 0.29) is 0 Å². The normalized spacial score (nSPS) is 10.7. The maximum atomic E-state index is 4.90. The van der Waals surface area contributed by atoms with Gasteiger partial charge in [-0.1, -0.05) is 29.4 Å². The second kappa shape index (κ2) is 4.40. The quantitative estimate of drug-likeness (QED) is 0.755. The van der Waals surface area contributed by atoms with Gasteiger partial charge in [-0.15, -0.1) is 5.10 Å². The van der Waals surface area contributed by atoms with Crippen molar-refractivity contribution in [3.8, 4) is 0 Å². The first-order valence-corrected chi connectivity index (χ1v) is 5.56. The first kappa shape index (κ1) is 10.6. The lowest BCUT2D eigenvalue weighted by atomic mass is 10.2. The molecule has 0 fully saturated rings. The van der Waals surface area contributed by atoms with Gasteiger partial charge in [-0.25, -0.2) is 0 Å². The molecule has 0 saturated heterocycles. The minimum Gasteiger partial charge on any atom is -0.361 e. The number of hydrogen-bond donors (Lipinski definition) is 1. The maximum Gasteiger partial charge on any atom is 0.223 e. The van der Waals surface area contributed by atoms with Crippen LogP contribution in [-0.4, -0.2) is 20.3 Å². The largest absolute Gasteiger partial charge is 0.361 e. The Labute approximate surface area is 103 Å². The second-order valence-electron chi connectivity index (χ2n) is 3.86. The van der Waals surface area contributed by atoms with Crippen LogP contribution in [0.3, 0.4) is 0 Å². The van der Waals surface area contributed by atoms with Gasteiger partial charge in [-0.05, 0) is 0 Å². The van der Waals surface area contributed by atoms with Crippen LogP contribution in [0.2, 0.25) is 0 Å². The minimum atomic E-state index is 0.458. The second-order valence-corrected chi connectivity index (χ2v) is 3.86. The van der Waals surface area contributed by atoms with Crippen molar-refractivity contribution >= 4 is 16.6 Å². The lowest BCUT2D eigenvalue weighted by molar-refractivity contribution is 0.388. The number of fused-ring (bicyclic) bond motifs is 1. The molecular formula is C12H11N5O. The van der Waals surface area contributed by atoms with Crippen LogP contribution in [0, 0.1) is 6.92 Å². The number of anilines is 1. The van der Waals surface area contributed by atoms with E-state index < -0.39 is 0 Å². The fourth-order valence-electron chi connectivity index (χ4n) is 1.73. The number of rotatable bonds is 3. The van der Waals surface area contributed by atoms with Crippen molar-refractivity contribution in [3.63, 3.8) is 0 Å². The van der Waals surface area contributed by atoms with Gasteiger partial charge in [0.05, 0.1) is 12.7 Å². The number of benzene rings is 1. The van der Waals surface area contributed by atoms with E-state index in [0.29, 0.717) is 18.3 Å². The van der Waals surface area contributed by atoms with Gasteiger partial charge in [0.25, 0.3) is 0 Å². The molecule has 1 aromatic carbocycles. The zero-order valence-electron chi connectivity index (χ0n) is 9.79. The Balaban J connectivity index is 1.86. The predicted octanol–water partition coefficient (Wildman–Crippen LogP) is 1.93. The number of nitrogens with one attached hydrogen (secondary N) is 1. The van der Waals surface area contributed by atoms with E-state index in [9.17, 15) is 0 Å². The fourth-order valence-corrected chi connectivity index (χ4v) is 1.73. The molecule has 0 saturated carbocycles. The van der Waals surface area contributed by atoms with E-state index in [1.807, 2.05) is 24.3 Å². The standard InChI is InChI=1S/C12H11N5O/c1-8-15-11(17-18-8)7-13-12-10-5-3-2-4-9(10)6-14-16-12/h2-6H,7H2,1H3,(H,13,16). The molecule has 3 aromatic rings. The highest BCUT2D eigenvalue weighted by molar-refractivity contribution is 5.90. The van der Waals surface area contributed by atoms with Gasteiger partial charge in [0.1, 0.15) is 0 Å². The molecule has 18 heavy (non-hydrogen) atoms. The molecular weight excluding hydrogens is 230 g/mol. The molecule has 0 unspecified atom stereocenters. The molecule has 2 aromatic heterocycles. The van der Waals surface area contributed by atoms with Crippen LogP contribution in [0.1, 0.15) is 11.7 Å². The fraction of sp³-hybridized carbons (Fsp3) is 0.167. The Morgan fingerprint density at radius 2 is 2.17 bits per heavy atom. The van der Waals surface area contributed by atoms with Crippen molar-refractivity contribution in [2.24, 2.45) is 0 Å². The van der Waals surface area contributed by atoms with E-state index in [1.165, 1.54) is 0 Å². The van der Waals surface area contributed by atoms with E-state index in [4.69, 9.17) is 4.52 Å². The minimum absolute atomic E-state index is 0.458. The average Bonchev–Trinajstić information content (AvgIpc) is 2.82. The molecule has 0 radical (unpaired) electrons. The molecule has 6 nitrogen and oxygen atoms in total. The van der Waals surface area contributed by atoms with Crippen LogP contribution >= 0.6 is 0 Å². The zero-order chi connectivity index (χ0) is 12.4. The Morgan fingerprint density at radius 1 is 1.28 bits per heavy atom. The summed E-state index contributed by atoms with van der Waals surface area (Å²) in [5, 5.41) is 17.1. The smallest absolute Gasteiger partial charge is 0.223 e. The third-order valence-electron chi connectivity index (χ3n) is 2.55. The third kappa shape index (κ3) is 2.00. The highest BCUT2D eigenvalue weighted by atomic mass is 16.5. The van der Waals surface area contributed by atoms with Crippen molar-refractivity contribution in [2.75, 3.05) is 5.32 Å². The first-order valence-electron chi connectivity index (χ1n) is 5.56. The lowest BCUT2D eigenvalue weighted by Crippen LogP contribution is -2.04. The van der Waals surface area contributed by atoms with E-state index >= 15 is 0 Å². The number of nitrogens with zero attached hydrogens (tertiary/aromatic N) is 4.